The standard InChI is InChI=1S/C18H27N3O/c1-14-6-8-16(9-7-14)19-18(22)13-21-12-17-5-3-4-10-20(17)11-15(21)2/h6-9,15,17H,3-5,10-13H2,1-2H3,(H,19,22). The van der Waals surface area contributed by atoms with E-state index in [1.807, 2.05) is 24.3 Å². The molecule has 0 aliphatic carbocycles. The minimum atomic E-state index is 0.0972. The van der Waals surface area contributed by atoms with Gasteiger partial charge in [0.05, 0.1) is 6.54 Å². The zero-order valence-electron chi connectivity index (χ0n) is 13.7. The number of hydrogen-bond donors (Lipinski definition) is 1. The summed E-state index contributed by atoms with van der Waals surface area (Å²) in [5.74, 6) is 0.0972. The lowest BCUT2D eigenvalue weighted by atomic mass is 9.97. The van der Waals surface area contributed by atoms with E-state index in [-0.39, 0.29) is 5.91 Å². The average molecular weight is 301 g/mol. The highest BCUT2D eigenvalue weighted by Gasteiger charge is 2.33. The molecule has 2 unspecified atom stereocenters. The van der Waals surface area contributed by atoms with Crippen LogP contribution in [-0.2, 0) is 4.79 Å². The van der Waals surface area contributed by atoms with Gasteiger partial charge in [-0.2, -0.15) is 0 Å². The molecular weight excluding hydrogens is 274 g/mol. The molecule has 1 aromatic rings. The van der Waals surface area contributed by atoms with Gasteiger partial charge in [0.25, 0.3) is 0 Å². The number of amides is 1. The summed E-state index contributed by atoms with van der Waals surface area (Å²) in [7, 11) is 0. The Kier molecular flexibility index (Phi) is 4.79. The highest BCUT2D eigenvalue weighted by molar-refractivity contribution is 5.92. The van der Waals surface area contributed by atoms with Gasteiger partial charge >= 0.3 is 0 Å². The quantitative estimate of drug-likeness (QED) is 0.932. The van der Waals surface area contributed by atoms with E-state index in [4.69, 9.17) is 0 Å². The molecule has 2 aliphatic heterocycles. The molecule has 120 valence electrons. The number of anilines is 1. The molecule has 3 rings (SSSR count). The first-order chi connectivity index (χ1) is 10.6. The Morgan fingerprint density at radius 3 is 2.77 bits per heavy atom. The summed E-state index contributed by atoms with van der Waals surface area (Å²) in [6.45, 7) is 8.16. The van der Waals surface area contributed by atoms with Crippen molar-refractivity contribution in [3.63, 3.8) is 0 Å². The highest BCUT2D eigenvalue weighted by Crippen LogP contribution is 2.23. The van der Waals surface area contributed by atoms with Crippen LogP contribution in [0.1, 0.15) is 31.7 Å². The van der Waals surface area contributed by atoms with Gasteiger partial charge in [-0.15, -0.1) is 0 Å². The minimum absolute atomic E-state index is 0.0972. The third-order valence-corrected chi connectivity index (χ3v) is 5.00. The zero-order valence-corrected chi connectivity index (χ0v) is 13.7. The molecule has 4 nitrogen and oxygen atoms in total. The molecule has 2 atom stereocenters. The molecule has 1 aromatic carbocycles. The number of rotatable bonds is 3. The molecule has 0 aromatic heterocycles. The second kappa shape index (κ2) is 6.80. The Bertz CT molecular complexity index is 514. The number of nitrogens with one attached hydrogen (secondary N) is 1. The maximum absolute atomic E-state index is 12.3. The number of nitrogens with zero attached hydrogens (tertiary/aromatic N) is 2. The second-order valence-electron chi connectivity index (χ2n) is 6.84. The van der Waals surface area contributed by atoms with Crippen molar-refractivity contribution in [3.8, 4) is 0 Å². The molecule has 2 fully saturated rings. The van der Waals surface area contributed by atoms with Crippen LogP contribution in [0.2, 0.25) is 0 Å². The van der Waals surface area contributed by atoms with Gasteiger partial charge in [0, 0.05) is 30.9 Å². The average Bonchev–Trinajstić information content (AvgIpc) is 2.50. The van der Waals surface area contributed by atoms with E-state index in [0.29, 0.717) is 18.6 Å². The Hall–Kier alpha value is -1.39. The van der Waals surface area contributed by atoms with E-state index < -0.39 is 0 Å². The van der Waals surface area contributed by atoms with Crippen LogP contribution in [0.3, 0.4) is 0 Å². The van der Waals surface area contributed by atoms with Crippen LogP contribution in [0.25, 0.3) is 0 Å². The van der Waals surface area contributed by atoms with Gasteiger partial charge in [-0.25, -0.2) is 0 Å². The molecule has 0 radical (unpaired) electrons. The van der Waals surface area contributed by atoms with E-state index in [9.17, 15) is 4.79 Å². The summed E-state index contributed by atoms with van der Waals surface area (Å²) in [5.41, 5.74) is 2.10. The maximum atomic E-state index is 12.3. The van der Waals surface area contributed by atoms with Crippen LogP contribution >= 0.6 is 0 Å². The van der Waals surface area contributed by atoms with Crippen molar-refractivity contribution in [3.05, 3.63) is 29.8 Å². The predicted octanol–water partition coefficient (Wildman–Crippen LogP) is 2.49. The van der Waals surface area contributed by atoms with Crippen LogP contribution in [-0.4, -0.2) is 54.0 Å². The lowest BCUT2D eigenvalue weighted by Crippen LogP contribution is -2.59. The summed E-state index contributed by atoms with van der Waals surface area (Å²) in [6.07, 6.45) is 3.94. The van der Waals surface area contributed by atoms with E-state index in [0.717, 1.165) is 18.8 Å². The van der Waals surface area contributed by atoms with E-state index >= 15 is 0 Å². The molecule has 2 aliphatic rings. The van der Waals surface area contributed by atoms with Crippen molar-refractivity contribution < 1.29 is 4.79 Å². The highest BCUT2D eigenvalue weighted by atomic mass is 16.2. The fourth-order valence-electron chi connectivity index (χ4n) is 3.65. The van der Waals surface area contributed by atoms with Crippen LogP contribution < -0.4 is 5.32 Å². The Labute approximate surface area is 133 Å². The molecule has 0 saturated carbocycles. The molecule has 22 heavy (non-hydrogen) atoms. The summed E-state index contributed by atoms with van der Waals surface area (Å²) < 4.78 is 0. The third-order valence-electron chi connectivity index (χ3n) is 5.00. The van der Waals surface area contributed by atoms with Crippen molar-refractivity contribution in [2.75, 3.05) is 31.5 Å². The fourth-order valence-corrected chi connectivity index (χ4v) is 3.65. The van der Waals surface area contributed by atoms with Crippen molar-refractivity contribution in [1.82, 2.24) is 9.80 Å². The maximum Gasteiger partial charge on any atom is 0.238 e. The van der Waals surface area contributed by atoms with Gasteiger partial charge in [-0.3, -0.25) is 14.6 Å². The first kappa shape index (κ1) is 15.5. The van der Waals surface area contributed by atoms with E-state index in [2.05, 4.69) is 29.0 Å². The number of piperazine rings is 1. The normalized spacial score (nSPS) is 26.5. The largest absolute Gasteiger partial charge is 0.325 e. The summed E-state index contributed by atoms with van der Waals surface area (Å²) >= 11 is 0. The minimum Gasteiger partial charge on any atom is -0.325 e. The number of piperidine rings is 1. The smallest absolute Gasteiger partial charge is 0.238 e. The van der Waals surface area contributed by atoms with Gasteiger partial charge in [0.15, 0.2) is 0 Å². The molecule has 2 heterocycles. The number of aryl methyl sites for hydroxylation is 1. The number of benzene rings is 1. The summed E-state index contributed by atoms with van der Waals surface area (Å²) in [5, 5.41) is 3.01. The summed E-state index contributed by atoms with van der Waals surface area (Å²) in [4.78, 5) is 17.3. The number of carbonyl (C=O) groups excluding carboxylic acids is 1. The molecule has 4 heteroatoms. The molecular formula is C18H27N3O. The molecule has 1 N–H and O–H groups in total. The first-order valence-electron chi connectivity index (χ1n) is 8.46. The SMILES string of the molecule is Cc1ccc(NC(=O)CN2CC3CCCCN3CC2C)cc1. The number of fused-ring (bicyclic) bond motifs is 1. The second-order valence-corrected chi connectivity index (χ2v) is 6.84. The van der Waals surface area contributed by atoms with Crippen LogP contribution in [0.15, 0.2) is 24.3 Å². The fraction of sp³-hybridized carbons (Fsp3) is 0.611. The summed E-state index contributed by atoms with van der Waals surface area (Å²) in [6, 6.07) is 9.10. The van der Waals surface area contributed by atoms with Crippen molar-refractivity contribution in [1.29, 1.82) is 0 Å². The monoisotopic (exact) mass is 301 g/mol. The zero-order chi connectivity index (χ0) is 15.5. The molecule has 0 bridgehead atoms. The van der Waals surface area contributed by atoms with Crippen molar-refractivity contribution >= 4 is 11.6 Å². The van der Waals surface area contributed by atoms with Crippen LogP contribution in [0.5, 0.6) is 0 Å². The lowest BCUT2D eigenvalue weighted by Gasteiger charge is -2.47. The third kappa shape index (κ3) is 3.68. The first-order valence-corrected chi connectivity index (χ1v) is 8.46. The van der Waals surface area contributed by atoms with Crippen molar-refractivity contribution in [2.45, 2.75) is 45.2 Å². The number of hydrogen-bond acceptors (Lipinski definition) is 3. The van der Waals surface area contributed by atoms with Crippen LogP contribution in [0, 0.1) is 6.92 Å². The Morgan fingerprint density at radius 2 is 2.00 bits per heavy atom. The topological polar surface area (TPSA) is 35.6 Å². The van der Waals surface area contributed by atoms with E-state index in [1.165, 1.54) is 31.4 Å². The van der Waals surface area contributed by atoms with Crippen molar-refractivity contribution in [2.24, 2.45) is 0 Å². The Morgan fingerprint density at radius 1 is 1.23 bits per heavy atom. The van der Waals surface area contributed by atoms with Gasteiger partial charge in [0.2, 0.25) is 5.91 Å². The number of carbonyl (C=O) groups is 1. The van der Waals surface area contributed by atoms with Crippen LogP contribution in [0.4, 0.5) is 5.69 Å². The molecule has 0 spiro atoms. The Balaban J connectivity index is 1.55. The van der Waals surface area contributed by atoms with Gasteiger partial charge in [-0.1, -0.05) is 24.1 Å². The predicted molar refractivity (Wildman–Crippen MR) is 90.1 cm³/mol. The van der Waals surface area contributed by atoms with Gasteiger partial charge < -0.3 is 5.32 Å². The van der Waals surface area contributed by atoms with E-state index in [1.54, 1.807) is 0 Å². The van der Waals surface area contributed by atoms with Gasteiger partial charge in [0.1, 0.15) is 0 Å². The molecule has 1 amide bonds. The lowest BCUT2D eigenvalue weighted by molar-refractivity contribution is -0.119. The van der Waals surface area contributed by atoms with Gasteiger partial charge in [-0.05, 0) is 45.4 Å². The molecule has 2 saturated heterocycles.